The van der Waals surface area contributed by atoms with Gasteiger partial charge in [-0.25, -0.2) is 0 Å². The molecule has 0 aromatic heterocycles. The van der Waals surface area contributed by atoms with Crippen molar-refractivity contribution in [1.29, 1.82) is 0 Å². The van der Waals surface area contributed by atoms with E-state index in [1.165, 1.54) is 19.3 Å². The molecule has 0 aromatic rings. The summed E-state index contributed by atoms with van der Waals surface area (Å²) < 4.78 is 0. The number of hydrogen-bond acceptors (Lipinski definition) is 1. The van der Waals surface area contributed by atoms with E-state index in [-0.39, 0.29) is 5.41 Å². The molecule has 0 heterocycles. The van der Waals surface area contributed by atoms with E-state index >= 15 is 0 Å². The summed E-state index contributed by atoms with van der Waals surface area (Å²) in [7, 11) is 0. The third kappa shape index (κ3) is 1.45. The first kappa shape index (κ1) is 8.98. The van der Waals surface area contributed by atoms with Crippen LogP contribution in [0, 0.1) is 11.3 Å². The van der Waals surface area contributed by atoms with E-state index in [9.17, 15) is 4.79 Å². The largest absolute Gasteiger partial charge is 0.295 e. The van der Waals surface area contributed by atoms with Crippen LogP contribution >= 0.6 is 0 Å². The highest BCUT2D eigenvalue weighted by Gasteiger charge is 2.43. The van der Waals surface area contributed by atoms with Crippen molar-refractivity contribution in [3.05, 3.63) is 11.6 Å². The summed E-state index contributed by atoms with van der Waals surface area (Å²) in [6.45, 7) is 4.48. The molecule has 0 aliphatic heterocycles. The van der Waals surface area contributed by atoms with E-state index in [1.807, 2.05) is 0 Å². The smallest absolute Gasteiger partial charge is 0.159 e. The number of Topliss-reactive ketones (excluding diaryl/α,β-unsaturated/α-hetero) is 1. The highest BCUT2D eigenvalue weighted by molar-refractivity contribution is 5.99. The zero-order chi connectivity index (χ0) is 9.47. The molecule has 1 unspecified atom stereocenters. The maximum atomic E-state index is 11.7. The molecule has 1 fully saturated rings. The van der Waals surface area contributed by atoms with Crippen molar-refractivity contribution in [1.82, 2.24) is 0 Å². The Bertz CT molecular complexity index is 260. The summed E-state index contributed by atoms with van der Waals surface area (Å²) >= 11 is 0. The third-order valence-corrected chi connectivity index (χ3v) is 3.57. The van der Waals surface area contributed by atoms with Crippen LogP contribution in [0.1, 0.15) is 46.0 Å². The van der Waals surface area contributed by atoms with Crippen molar-refractivity contribution in [3.8, 4) is 0 Å². The van der Waals surface area contributed by atoms with Crippen molar-refractivity contribution in [2.75, 3.05) is 0 Å². The zero-order valence-electron chi connectivity index (χ0n) is 8.60. The number of fused-ring (bicyclic) bond motifs is 1. The molecule has 0 bridgehead atoms. The van der Waals surface area contributed by atoms with E-state index in [2.05, 4.69) is 19.9 Å². The van der Waals surface area contributed by atoms with Gasteiger partial charge < -0.3 is 0 Å². The van der Waals surface area contributed by atoms with Gasteiger partial charge in [-0.1, -0.05) is 26.3 Å². The number of ketones is 1. The van der Waals surface area contributed by atoms with Crippen LogP contribution in [-0.2, 0) is 4.79 Å². The molecular formula is C12H18O. The monoisotopic (exact) mass is 178 g/mol. The Morgan fingerprint density at radius 3 is 2.92 bits per heavy atom. The van der Waals surface area contributed by atoms with Crippen LogP contribution in [0.5, 0.6) is 0 Å². The van der Waals surface area contributed by atoms with Crippen molar-refractivity contribution in [2.45, 2.75) is 46.0 Å². The van der Waals surface area contributed by atoms with Crippen molar-refractivity contribution in [3.63, 3.8) is 0 Å². The molecule has 1 saturated carbocycles. The van der Waals surface area contributed by atoms with Crippen molar-refractivity contribution < 1.29 is 4.79 Å². The zero-order valence-corrected chi connectivity index (χ0v) is 8.60. The Morgan fingerprint density at radius 1 is 1.38 bits per heavy atom. The van der Waals surface area contributed by atoms with E-state index in [0.717, 1.165) is 18.4 Å². The van der Waals surface area contributed by atoms with E-state index in [0.29, 0.717) is 11.7 Å². The van der Waals surface area contributed by atoms with E-state index < -0.39 is 0 Å². The topological polar surface area (TPSA) is 17.1 Å². The highest BCUT2D eigenvalue weighted by Crippen LogP contribution is 2.47. The number of allylic oxidation sites excluding steroid dienone is 2. The average molecular weight is 178 g/mol. The van der Waals surface area contributed by atoms with E-state index in [4.69, 9.17) is 0 Å². The fraction of sp³-hybridized carbons (Fsp3) is 0.750. The van der Waals surface area contributed by atoms with Crippen LogP contribution in [0.2, 0.25) is 0 Å². The van der Waals surface area contributed by atoms with Crippen LogP contribution in [0.25, 0.3) is 0 Å². The SMILES string of the molecule is CC1(C)CC(=O)C2=CCCCCC21. The lowest BCUT2D eigenvalue weighted by Crippen LogP contribution is -2.17. The molecule has 0 saturated heterocycles. The number of carbonyl (C=O) groups excluding carboxylic acids is 1. The second kappa shape index (κ2) is 2.97. The van der Waals surface area contributed by atoms with Gasteiger partial charge in [0, 0.05) is 6.42 Å². The van der Waals surface area contributed by atoms with Gasteiger partial charge in [-0.2, -0.15) is 0 Å². The standard InChI is InChI=1S/C12H18O/c1-12(2)8-11(13)9-6-4-3-5-7-10(9)12/h6,10H,3-5,7-8H2,1-2H3. The second-order valence-corrected chi connectivity index (χ2v) is 5.09. The predicted octanol–water partition coefficient (Wildman–Crippen LogP) is 3.10. The molecular weight excluding hydrogens is 160 g/mol. The molecule has 0 spiro atoms. The Morgan fingerprint density at radius 2 is 2.15 bits per heavy atom. The maximum Gasteiger partial charge on any atom is 0.159 e. The van der Waals surface area contributed by atoms with Gasteiger partial charge in [-0.15, -0.1) is 0 Å². The molecule has 1 nitrogen and oxygen atoms in total. The maximum absolute atomic E-state index is 11.7. The molecule has 2 aliphatic rings. The first-order valence-electron chi connectivity index (χ1n) is 5.34. The molecule has 0 amide bonds. The van der Waals surface area contributed by atoms with Gasteiger partial charge in [0.05, 0.1) is 0 Å². The van der Waals surface area contributed by atoms with Crippen molar-refractivity contribution >= 4 is 5.78 Å². The molecule has 1 atom stereocenters. The lowest BCUT2D eigenvalue weighted by Gasteiger charge is -2.25. The molecule has 0 aromatic carbocycles. The lowest BCUT2D eigenvalue weighted by atomic mass is 9.78. The molecule has 2 aliphatic carbocycles. The summed E-state index contributed by atoms with van der Waals surface area (Å²) in [6, 6.07) is 0. The Balaban J connectivity index is 2.33. The summed E-state index contributed by atoms with van der Waals surface area (Å²) in [4.78, 5) is 11.7. The first-order chi connectivity index (χ1) is 6.11. The number of carbonyl (C=O) groups is 1. The van der Waals surface area contributed by atoms with Gasteiger partial charge in [-0.05, 0) is 36.2 Å². The molecule has 0 N–H and O–H groups in total. The van der Waals surface area contributed by atoms with Crippen molar-refractivity contribution in [2.24, 2.45) is 11.3 Å². The fourth-order valence-electron chi connectivity index (χ4n) is 2.81. The minimum absolute atomic E-state index is 0.229. The van der Waals surface area contributed by atoms with Gasteiger partial charge in [-0.3, -0.25) is 4.79 Å². The second-order valence-electron chi connectivity index (χ2n) is 5.09. The van der Waals surface area contributed by atoms with Gasteiger partial charge in [0.1, 0.15) is 0 Å². The Hall–Kier alpha value is -0.590. The fourth-order valence-corrected chi connectivity index (χ4v) is 2.81. The van der Waals surface area contributed by atoms with Crippen LogP contribution in [0.3, 0.4) is 0 Å². The average Bonchev–Trinajstić information content (AvgIpc) is 2.28. The Kier molecular flexibility index (Phi) is 2.05. The van der Waals surface area contributed by atoms with Crippen LogP contribution in [0.4, 0.5) is 0 Å². The third-order valence-electron chi connectivity index (χ3n) is 3.57. The number of rotatable bonds is 0. The molecule has 2 rings (SSSR count). The molecule has 1 heteroatoms. The molecule has 72 valence electrons. The first-order valence-corrected chi connectivity index (χ1v) is 5.34. The minimum Gasteiger partial charge on any atom is -0.295 e. The van der Waals surface area contributed by atoms with Crippen LogP contribution in [0.15, 0.2) is 11.6 Å². The van der Waals surface area contributed by atoms with E-state index in [1.54, 1.807) is 0 Å². The van der Waals surface area contributed by atoms with Gasteiger partial charge in [0.25, 0.3) is 0 Å². The summed E-state index contributed by atoms with van der Waals surface area (Å²) in [5.41, 5.74) is 1.38. The van der Waals surface area contributed by atoms with Gasteiger partial charge in [0.15, 0.2) is 5.78 Å². The minimum atomic E-state index is 0.229. The quantitative estimate of drug-likeness (QED) is 0.557. The highest BCUT2D eigenvalue weighted by atomic mass is 16.1. The van der Waals surface area contributed by atoms with Gasteiger partial charge >= 0.3 is 0 Å². The lowest BCUT2D eigenvalue weighted by molar-refractivity contribution is -0.115. The predicted molar refractivity (Wildman–Crippen MR) is 53.4 cm³/mol. The molecule has 0 radical (unpaired) electrons. The summed E-state index contributed by atoms with van der Waals surface area (Å²) in [5, 5.41) is 0. The summed E-state index contributed by atoms with van der Waals surface area (Å²) in [6.07, 6.45) is 7.88. The Labute approximate surface area is 80.2 Å². The van der Waals surface area contributed by atoms with Crippen LogP contribution < -0.4 is 0 Å². The number of hydrogen-bond donors (Lipinski definition) is 0. The van der Waals surface area contributed by atoms with Crippen LogP contribution in [-0.4, -0.2) is 5.78 Å². The normalized spacial score (nSPS) is 32.3. The van der Waals surface area contributed by atoms with Gasteiger partial charge in [0.2, 0.25) is 0 Å². The summed E-state index contributed by atoms with van der Waals surface area (Å²) in [5.74, 6) is 0.972. The molecule has 13 heavy (non-hydrogen) atoms.